The first-order valence-electron chi connectivity index (χ1n) is 10.8. The number of hydrogen-bond donors (Lipinski definition) is 1. The van der Waals surface area contributed by atoms with Crippen molar-refractivity contribution < 1.29 is 17.9 Å². The smallest absolute Gasteiger partial charge is 0.377 e. The van der Waals surface area contributed by atoms with E-state index in [4.69, 9.17) is 4.74 Å². The minimum atomic E-state index is -4.13. The summed E-state index contributed by atoms with van der Waals surface area (Å²) in [7, 11) is 1.81. The highest BCUT2D eigenvalue weighted by atomic mass is 127. The Kier molecular flexibility index (Phi) is 7.30. The average molecular weight is 530 g/mol. The van der Waals surface area contributed by atoms with Gasteiger partial charge in [0.1, 0.15) is 0 Å². The lowest BCUT2D eigenvalue weighted by Crippen LogP contribution is -2.72. The number of alkyl halides is 3. The molecular weight excluding hydrogens is 496 g/mol. The number of halogens is 4. The standard InChI is InChI=1S/C20H33F3N4O.HI/c1-3-26(13-20(21,22)23)11-14-5-9-27(12-14)18(24-2)25-16-15-6-10-28-17(15)19(16)7-4-8-19;/h14-17H,3-13H2,1-2H3,(H,24,25);1H. The van der Waals surface area contributed by atoms with Gasteiger partial charge in [0.2, 0.25) is 0 Å². The van der Waals surface area contributed by atoms with Gasteiger partial charge in [0.15, 0.2) is 5.96 Å². The molecule has 0 aromatic rings. The van der Waals surface area contributed by atoms with Gasteiger partial charge in [-0.15, -0.1) is 24.0 Å². The monoisotopic (exact) mass is 530 g/mol. The zero-order chi connectivity index (χ0) is 19.9. The molecule has 0 amide bonds. The van der Waals surface area contributed by atoms with E-state index < -0.39 is 12.7 Å². The molecule has 9 heteroatoms. The zero-order valence-electron chi connectivity index (χ0n) is 17.4. The van der Waals surface area contributed by atoms with Gasteiger partial charge in [-0.05, 0) is 38.1 Å². The Morgan fingerprint density at radius 1 is 1.31 bits per heavy atom. The average Bonchev–Trinajstić information content (AvgIpc) is 3.21. The van der Waals surface area contributed by atoms with Gasteiger partial charge in [0.05, 0.1) is 12.6 Å². The molecule has 4 aliphatic rings. The van der Waals surface area contributed by atoms with Crippen LogP contribution >= 0.6 is 24.0 Å². The minimum absolute atomic E-state index is 0. The van der Waals surface area contributed by atoms with Crippen LogP contribution in [0.2, 0.25) is 0 Å². The fourth-order valence-electron chi connectivity index (χ4n) is 5.99. The van der Waals surface area contributed by atoms with E-state index in [-0.39, 0.29) is 29.9 Å². The van der Waals surface area contributed by atoms with Crippen molar-refractivity contribution in [2.24, 2.45) is 22.2 Å². The van der Waals surface area contributed by atoms with Crippen LogP contribution in [0.25, 0.3) is 0 Å². The molecule has 5 nitrogen and oxygen atoms in total. The summed E-state index contributed by atoms with van der Waals surface area (Å²) in [5, 5.41) is 3.74. The Hall–Kier alpha value is -0.290. The molecule has 0 aromatic carbocycles. The Bertz CT molecular complexity index is 599. The highest BCUT2D eigenvalue weighted by Crippen LogP contribution is 2.62. The van der Waals surface area contributed by atoms with Crippen LogP contribution in [-0.4, -0.2) is 80.5 Å². The van der Waals surface area contributed by atoms with Crippen LogP contribution in [0.1, 0.15) is 39.0 Å². The van der Waals surface area contributed by atoms with Crippen molar-refractivity contribution in [1.82, 2.24) is 15.1 Å². The van der Waals surface area contributed by atoms with E-state index in [9.17, 15) is 13.2 Å². The Labute approximate surface area is 188 Å². The fraction of sp³-hybridized carbons (Fsp3) is 0.950. The molecule has 2 aliphatic carbocycles. The summed E-state index contributed by atoms with van der Waals surface area (Å²) < 4.78 is 44.2. The van der Waals surface area contributed by atoms with Gasteiger partial charge in [-0.1, -0.05) is 13.3 Å². The topological polar surface area (TPSA) is 40.1 Å². The number of likely N-dealkylation sites (tertiary alicyclic amines) is 1. The van der Waals surface area contributed by atoms with Gasteiger partial charge in [-0.25, -0.2) is 0 Å². The van der Waals surface area contributed by atoms with E-state index in [2.05, 4.69) is 15.2 Å². The molecule has 29 heavy (non-hydrogen) atoms. The summed E-state index contributed by atoms with van der Waals surface area (Å²) in [5.74, 6) is 1.75. The van der Waals surface area contributed by atoms with E-state index in [1.807, 2.05) is 7.05 Å². The molecule has 2 aliphatic heterocycles. The number of guanidine groups is 1. The molecule has 1 spiro atoms. The number of aliphatic imine (C=N–C) groups is 1. The summed E-state index contributed by atoms with van der Waals surface area (Å²) in [6, 6.07) is 0.434. The highest BCUT2D eigenvalue weighted by molar-refractivity contribution is 14.0. The zero-order valence-corrected chi connectivity index (χ0v) is 19.7. The predicted molar refractivity (Wildman–Crippen MR) is 118 cm³/mol. The van der Waals surface area contributed by atoms with Gasteiger partial charge in [-0.3, -0.25) is 9.89 Å². The van der Waals surface area contributed by atoms with Gasteiger partial charge in [0.25, 0.3) is 0 Å². The molecule has 1 N–H and O–H groups in total. The number of fused-ring (bicyclic) bond motifs is 2. The summed E-state index contributed by atoms with van der Waals surface area (Å²) >= 11 is 0. The number of ether oxygens (including phenoxy) is 1. The predicted octanol–water partition coefficient (Wildman–Crippen LogP) is 3.34. The van der Waals surface area contributed by atoms with Crippen LogP contribution in [0, 0.1) is 17.3 Å². The third-order valence-corrected chi connectivity index (χ3v) is 7.48. The molecule has 0 aromatic heterocycles. The summed E-state index contributed by atoms with van der Waals surface area (Å²) in [6.07, 6.45) is 2.06. The number of nitrogens with zero attached hydrogens (tertiary/aromatic N) is 3. The van der Waals surface area contributed by atoms with E-state index in [0.717, 1.165) is 38.5 Å². The lowest BCUT2D eigenvalue weighted by Gasteiger charge is -2.63. The van der Waals surface area contributed by atoms with Crippen molar-refractivity contribution in [3.05, 3.63) is 0 Å². The van der Waals surface area contributed by atoms with Crippen molar-refractivity contribution in [3.8, 4) is 0 Å². The second-order valence-corrected chi connectivity index (χ2v) is 9.04. The van der Waals surface area contributed by atoms with Crippen LogP contribution in [0.4, 0.5) is 13.2 Å². The van der Waals surface area contributed by atoms with Gasteiger partial charge >= 0.3 is 6.18 Å². The molecule has 0 radical (unpaired) electrons. The molecule has 2 heterocycles. The van der Waals surface area contributed by atoms with Crippen LogP contribution in [0.15, 0.2) is 4.99 Å². The van der Waals surface area contributed by atoms with Crippen molar-refractivity contribution in [3.63, 3.8) is 0 Å². The van der Waals surface area contributed by atoms with Crippen molar-refractivity contribution in [2.75, 3.05) is 46.4 Å². The van der Waals surface area contributed by atoms with Crippen molar-refractivity contribution in [2.45, 2.75) is 57.3 Å². The number of nitrogens with one attached hydrogen (secondary N) is 1. The minimum Gasteiger partial charge on any atom is -0.377 e. The maximum Gasteiger partial charge on any atom is 0.401 e. The first-order chi connectivity index (χ1) is 13.4. The normalized spacial score (nSPS) is 33.3. The molecule has 2 saturated heterocycles. The second-order valence-electron chi connectivity index (χ2n) is 9.04. The van der Waals surface area contributed by atoms with Crippen LogP contribution in [-0.2, 0) is 4.74 Å². The molecule has 4 fully saturated rings. The molecule has 4 atom stereocenters. The largest absolute Gasteiger partial charge is 0.401 e. The quantitative estimate of drug-likeness (QED) is 0.337. The third-order valence-electron chi connectivity index (χ3n) is 7.48. The number of hydrogen-bond acceptors (Lipinski definition) is 3. The Morgan fingerprint density at radius 2 is 2.07 bits per heavy atom. The second kappa shape index (κ2) is 9.06. The summed E-state index contributed by atoms with van der Waals surface area (Å²) in [6.45, 7) is 4.41. The first-order valence-corrected chi connectivity index (χ1v) is 10.8. The van der Waals surface area contributed by atoms with Crippen molar-refractivity contribution in [1.29, 1.82) is 0 Å². The van der Waals surface area contributed by atoms with Crippen LogP contribution in [0.3, 0.4) is 0 Å². The first kappa shape index (κ1) is 23.4. The van der Waals surface area contributed by atoms with Gasteiger partial charge in [-0.2, -0.15) is 13.2 Å². The van der Waals surface area contributed by atoms with Crippen LogP contribution in [0.5, 0.6) is 0 Å². The van der Waals surface area contributed by atoms with Crippen LogP contribution < -0.4 is 5.32 Å². The highest BCUT2D eigenvalue weighted by Gasteiger charge is 2.66. The van der Waals surface area contributed by atoms with E-state index >= 15 is 0 Å². The molecule has 4 rings (SSSR count). The lowest BCUT2D eigenvalue weighted by atomic mass is 9.46. The van der Waals surface area contributed by atoms with E-state index in [1.54, 1.807) is 6.92 Å². The molecule has 4 unspecified atom stereocenters. The molecule has 0 bridgehead atoms. The van der Waals surface area contributed by atoms with E-state index in [1.165, 1.54) is 24.2 Å². The third kappa shape index (κ3) is 4.51. The van der Waals surface area contributed by atoms with Crippen molar-refractivity contribution >= 4 is 29.9 Å². The Balaban J connectivity index is 0.00000240. The summed E-state index contributed by atoms with van der Waals surface area (Å²) in [4.78, 5) is 8.27. The van der Waals surface area contributed by atoms with E-state index in [0.29, 0.717) is 36.6 Å². The maximum atomic E-state index is 12.7. The van der Waals surface area contributed by atoms with Gasteiger partial charge < -0.3 is 15.0 Å². The van der Waals surface area contributed by atoms with Gasteiger partial charge in [0, 0.05) is 50.7 Å². The SMILES string of the molecule is CCN(CC1CCN(C(=NC)NC2C3CCOC3C23CCC3)C1)CC(F)(F)F.I. The molecular formula is C20H34F3IN4O. The molecule has 2 saturated carbocycles. The molecule has 168 valence electrons. The lowest BCUT2D eigenvalue weighted by molar-refractivity contribution is -0.171. The fourth-order valence-corrected chi connectivity index (χ4v) is 5.99. The number of rotatable bonds is 5. The Morgan fingerprint density at radius 3 is 2.66 bits per heavy atom. The maximum absolute atomic E-state index is 12.7. The summed E-state index contributed by atoms with van der Waals surface area (Å²) in [5.41, 5.74) is 0.294.